The molecule has 1 saturated heterocycles. The summed E-state index contributed by atoms with van der Waals surface area (Å²) in [5.41, 5.74) is 1.07. The van der Waals surface area contributed by atoms with Crippen LogP contribution in [0.15, 0.2) is 64.1 Å². The predicted octanol–water partition coefficient (Wildman–Crippen LogP) is 4.50. The van der Waals surface area contributed by atoms with E-state index in [1.54, 1.807) is 42.7 Å². The number of methoxy groups -OCH3 is 2. The molecule has 0 radical (unpaired) electrons. The topological polar surface area (TPSA) is 105 Å². The summed E-state index contributed by atoms with van der Waals surface area (Å²) in [5.74, 6) is 0.817. The second-order valence-electron chi connectivity index (χ2n) is 7.55. The third-order valence-corrected chi connectivity index (χ3v) is 6.52. The lowest BCUT2D eigenvalue weighted by atomic mass is 10.2. The van der Waals surface area contributed by atoms with Gasteiger partial charge in [0.05, 0.1) is 31.9 Å². The predicted molar refractivity (Wildman–Crippen MR) is 140 cm³/mol. The highest BCUT2D eigenvalue weighted by Gasteiger charge is 2.32. The third kappa shape index (κ3) is 6.19. The van der Waals surface area contributed by atoms with Crippen LogP contribution in [0.3, 0.4) is 0 Å². The lowest BCUT2D eigenvalue weighted by Gasteiger charge is -2.13. The Labute approximate surface area is 221 Å². The number of carbonyl (C=O) groups is 3. The van der Waals surface area contributed by atoms with Crippen LogP contribution in [-0.2, 0) is 16.1 Å². The number of hydrogen-bond donors (Lipinski definition) is 0. The second-order valence-corrected chi connectivity index (χ2v) is 9.22. The summed E-state index contributed by atoms with van der Waals surface area (Å²) < 4.78 is 27.2. The van der Waals surface area contributed by atoms with E-state index in [-0.39, 0.29) is 24.0 Å². The minimum absolute atomic E-state index is 0.161. The lowest BCUT2D eigenvalue weighted by molar-refractivity contribution is -0.136. The van der Waals surface area contributed by atoms with E-state index in [9.17, 15) is 14.4 Å². The van der Waals surface area contributed by atoms with Gasteiger partial charge in [0.1, 0.15) is 16.4 Å². The number of amides is 1. The summed E-state index contributed by atoms with van der Waals surface area (Å²) in [6.07, 6.45) is 3.91. The fraction of sp³-hybridized carbons (Fsp3) is 0.154. The summed E-state index contributed by atoms with van der Waals surface area (Å²) in [7, 11) is 2.87. The summed E-state index contributed by atoms with van der Waals surface area (Å²) in [5, 5.41) is 0. The van der Waals surface area contributed by atoms with Gasteiger partial charge in [-0.1, -0.05) is 30.0 Å². The molecule has 0 N–H and O–H groups in total. The van der Waals surface area contributed by atoms with Gasteiger partial charge in [-0.3, -0.25) is 14.5 Å². The molecule has 11 heteroatoms. The van der Waals surface area contributed by atoms with Gasteiger partial charge in [-0.05, 0) is 54.1 Å². The maximum Gasteiger partial charge on any atom is 0.349 e. The number of aldehydes is 1. The van der Waals surface area contributed by atoms with Gasteiger partial charge in [0, 0.05) is 5.56 Å². The zero-order valence-electron chi connectivity index (χ0n) is 19.8. The van der Waals surface area contributed by atoms with Crippen molar-refractivity contribution in [3.05, 3.63) is 76.6 Å². The monoisotopic (exact) mass is 539 g/mol. The largest absolute Gasteiger partial charge is 0.493 e. The zero-order chi connectivity index (χ0) is 26.4. The van der Waals surface area contributed by atoms with E-state index in [4.69, 9.17) is 35.6 Å². The molecule has 0 unspecified atom stereocenters. The Morgan fingerprint density at radius 2 is 1.73 bits per heavy atom. The van der Waals surface area contributed by atoms with Gasteiger partial charge < -0.3 is 23.4 Å². The van der Waals surface area contributed by atoms with Gasteiger partial charge in [0.25, 0.3) is 5.91 Å². The van der Waals surface area contributed by atoms with Crippen LogP contribution in [0.25, 0.3) is 6.08 Å². The maximum absolute atomic E-state index is 12.9. The molecule has 0 bridgehead atoms. The molecule has 1 aromatic heterocycles. The molecule has 0 saturated carbocycles. The van der Waals surface area contributed by atoms with E-state index in [1.165, 1.54) is 49.1 Å². The molecule has 1 amide bonds. The molecule has 1 aliphatic heterocycles. The summed E-state index contributed by atoms with van der Waals surface area (Å²) >= 11 is 6.56. The van der Waals surface area contributed by atoms with E-state index in [1.807, 2.05) is 0 Å². The average molecular weight is 540 g/mol. The zero-order valence-corrected chi connectivity index (χ0v) is 21.4. The van der Waals surface area contributed by atoms with Crippen molar-refractivity contribution in [3.8, 4) is 23.0 Å². The number of ether oxygens (including phenoxy) is 4. The lowest BCUT2D eigenvalue weighted by Crippen LogP contribution is -2.27. The molecule has 1 aliphatic rings. The van der Waals surface area contributed by atoms with Gasteiger partial charge in [-0.2, -0.15) is 0 Å². The first kappa shape index (κ1) is 26.0. The number of hydrogen-bond acceptors (Lipinski definition) is 10. The number of rotatable bonds is 10. The Kier molecular flexibility index (Phi) is 8.26. The van der Waals surface area contributed by atoms with Crippen molar-refractivity contribution >= 4 is 52.5 Å². The van der Waals surface area contributed by atoms with E-state index < -0.39 is 12.6 Å². The van der Waals surface area contributed by atoms with Gasteiger partial charge >= 0.3 is 5.97 Å². The Morgan fingerprint density at radius 3 is 2.43 bits per heavy atom. The van der Waals surface area contributed by atoms with Crippen molar-refractivity contribution in [1.82, 2.24) is 4.90 Å². The SMILES string of the molecule is COc1cc(/C=C2\SC(=S)N(Cc3ccco3)C2=O)ccc1OCC(=O)Oc1ccc(C=O)cc1OC. The Hall–Kier alpha value is -4.09. The molecule has 4 rings (SSSR count). The minimum Gasteiger partial charge on any atom is -0.493 e. The normalized spacial score (nSPS) is 14.1. The first-order chi connectivity index (χ1) is 17.9. The first-order valence-electron chi connectivity index (χ1n) is 10.8. The molecular weight excluding hydrogens is 518 g/mol. The molecule has 37 heavy (non-hydrogen) atoms. The van der Waals surface area contributed by atoms with Crippen LogP contribution in [0.4, 0.5) is 0 Å². The van der Waals surface area contributed by atoms with Crippen LogP contribution < -0.4 is 18.9 Å². The van der Waals surface area contributed by atoms with Crippen LogP contribution in [-0.4, -0.2) is 48.2 Å². The molecule has 9 nitrogen and oxygen atoms in total. The number of carbonyl (C=O) groups excluding carboxylic acids is 3. The molecule has 0 aliphatic carbocycles. The van der Waals surface area contributed by atoms with Crippen molar-refractivity contribution in [2.24, 2.45) is 0 Å². The standard InChI is InChI=1S/C26H21NO8S2/c1-31-21-10-16(12-23-25(30)27(26(36)37-23)13-18-4-3-9-33-18)5-7-19(21)34-15-24(29)35-20-8-6-17(14-28)11-22(20)32-2/h3-12,14H,13,15H2,1-2H3/b23-12-. The van der Waals surface area contributed by atoms with Crippen LogP contribution in [0, 0.1) is 0 Å². The van der Waals surface area contributed by atoms with Crippen molar-refractivity contribution < 1.29 is 37.7 Å². The number of thiocarbonyl (C=S) groups is 1. The highest BCUT2D eigenvalue weighted by Crippen LogP contribution is 2.35. The van der Waals surface area contributed by atoms with E-state index in [0.717, 1.165) is 0 Å². The van der Waals surface area contributed by atoms with Gasteiger partial charge in [-0.25, -0.2) is 4.79 Å². The number of benzene rings is 2. The summed E-state index contributed by atoms with van der Waals surface area (Å²) in [6, 6.07) is 13.0. The smallest absolute Gasteiger partial charge is 0.349 e. The number of nitrogens with zero attached hydrogens (tertiary/aromatic N) is 1. The Balaban J connectivity index is 1.41. The molecule has 190 valence electrons. The van der Waals surface area contributed by atoms with E-state index in [0.29, 0.717) is 43.9 Å². The average Bonchev–Trinajstić information content (AvgIpc) is 3.52. The maximum atomic E-state index is 12.9. The van der Waals surface area contributed by atoms with Gasteiger partial charge in [0.15, 0.2) is 29.6 Å². The van der Waals surface area contributed by atoms with Crippen molar-refractivity contribution in [3.63, 3.8) is 0 Å². The Bertz CT molecular complexity index is 1370. The molecule has 2 heterocycles. The van der Waals surface area contributed by atoms with Gasteiger partial charge in [-0.15, -0.1) is 0 Å². The van der Waals surface area contributed by atoms with Crippen molar-refractivity contribution in [2.45, 2.75) is 6.54 Å². The molecule has 2 aromatic carbocycles. The minimum atomic E-state index is -0.677. The summed E-state index contributed by atoms with van der Waals surface area (Å²) in [4.78, 5) is 38.0. The van der Waals surface area contributed by atoms with E-state index >= 15 is 0 Å². The quantitative estimate of drug-likeness (QED) is 0.120. The van der Waals surface area contributed by atoms with Crippen LogP contribution >= 0.6 is 24.0 Å². The van der Waals surface area contributed by atoms with Crippen LogP contribution in [0.2, 0.25) is 0 Å². The molecule has 3 aromatic rings. The van der Waals surface area contributed by atoms with E-state index in [2.05, 4.69) is 0 Å². The fourth-order valence-electron chi connectivity index (χ4n) is 3.37. The number of furan rings is 1. The van der Waals surface area contributed by atoms with Crippen molar-refractivity contribution in [1.29, 1.82) is 0 Å². The highest BCUT2D eigenvalue weighted by molar-refractivity contribution is 8.26. The number of esters is 1. The fourth-order valence-corrected chi connectivity index (χ4v) is 4.62. The molecular formula is C26H21NO8S2. The molecule has 1 fully saturated rings. The number of thioether (sulfide) groups is 1. The van der Waals surface area contributed by atoms with Crippen molar-refractivity contribution in [2.75, 3.05) is 20.8 Å². The summed E-state index contributed by atoms with van der Waals surface area (Å²) in [6.45, 7) is -0.145. The highest BCUT2D eigenvalue weighted by atomic mass is 32.2. The van der Waals surface area contributed by atoms with Crippen LogP contribution in [0.5, 0.6) is 23.0 Å². The molecule has 0 atom stereocenters. The van der Waals surface area contributed by atoms with Crippen LogP contribution in [0.1, 0.15) is 21.7 Å². The third-order valence-electron chi connectivity index (χ3n) is 5.15. The second kappa shape index (κ2) is 11.8. The first-order valence-corrected chi connectivity index (χ1v) is 12.1. The Morgan fingerprint density at radius 1 is 1.03 bits per heavy atom. The molecule has 0 spiro atoms. The van der Waals surface area contributed by atoms with Gasteiger partial charge in [0.2, 0.25) is 0 Å².